The number of ether oxygens (including phenoxy) is 1. The first-order valence-electron chi connectivity index (χ1n) is 11.3. The molecule has 1 aromatic rings. The van der Waals surface area contributed by atoms with E-state index >= 15 is 0 Å². The molecule has 4 rings (SSSR count). The third kappa shape index (κ3) is 4.77. The van der Waals surface area contributed by atoms with Crippen LogP contribution in [0.5, 0.6) is 0 Å². The van der Waals surface area contributed by atoms with Gasteiger partial charge in [0.25, 0.3) is 0 Å². The summed E-state index contributed by atoms with van der Waals surface area (Å²) in [6.45, 7) is 4.55. The Kier molecular flexibility index (Phi) is 6.68. The number of aryl methyl sites for hydroxylation is 1. The number of nitrogens with zero attached hydrogens (tertiary/aromatic N) is 4. The minimum Gasteiger partial charge on any atom is -0.373 e. The second kappa shape index (κ2) is 9.40. The minimum atomic E-state index is -0.0135. The topological polar surface area (TPSA) is 50.6 Å². The van der Waals surface area contributed by atoms with Crippen LogP contribution >= 0.6 is 0 Å². The van der Waals surface area contributed by atoms with Gasteiger partial charge in [0.1, 0.15) is 0 Å². The zero-order chi connectivity index (χ0) is 19.3. The van der Waals surface area contributed by atoms with Crippen LogP contribution in [0.1, 0.15) is 69.4 Å². The van der Waals surface area contributed by atoms with E-state index in [0.717, 1.165) is 25.2 Å². The predicted molar refractivity (Wildman–Crippen MR) is 109 cm³/mol. The number of rotatable bonds is 5. The average molecular weight is 389 g/mol. The summed E-state index contributed by atoms with van der Waals surface area (Å²) in [6, 6.07) is -0.0135. The third-order valence-electron chi connectivity index (χ3n) is 6.81. The number of hydrogen-bond donors (Lipinski definition) is 0. The molecule has 1 amide bonds. The van der Waals surface area contributed by atoms with Gasteiger partial charge in [-0.25, -0.2) is 0 Å². The van der Waals surface area contributed by atoms with Gasteiger partial charge in [-0.1, -0.05) is 25.7 Å². The smallest absolute Gasteiger partial charge is 0.223 e. The van der Waals surface area contributed by atoms with Crippen LogP contribution < -0.4 is 0 Å². The molecule has 28 heavy (non-hydrogen) atoms. The molecule has 156 valence electrons. The Labute approximate surface area is 169 Å². The maximum atomic E-state index is 13.3. The fourth-order valence-electron chi connectivity index (χ4n) is 5.31. The van der Waals surface area contributed by atoms with E-state index in [9.17, 15) is 4.79 Å². The molecular formula is C22H36N4O2. The lowest BCUT2D eigenvalue weighted by Gasteiger charge is -2.43. The molecule has 2 saturated heterocycles. The second-order valence-electron chi connectivity index (χ2n) is 8.96. The first kappa shape index (κ1) is 19.9. The van der Waals surface area contributed by atoms with Crippen LogP contribution in [0, 0.1) is 5.92 Å². The van der Waals surface area contributed by atoms with Gasteiger partial charge in [0.15, 0.2) is 0 Å². The van der Waals surface area contributed by atoms with E-state index in [1.165, 1.54) is 51.4 Å². The highest BCUT2D eigenvalue weighted by Gasteiger charge is 2.38. The predicted octanol–water partition coefficient (Wildman–Crippen LogP) is 3.14. The van der Waals surface area contributed by atoms with Gasteiger partial charge in [-0.3, -0.25) is 9.48 Å². The Bertz CT molecular complexity index is 634. The number of aromatic nitrogens is 2. The second-order valence-corrected chi connectivity index (χ2v) is 8.96. The normalized spacial score (nSPS) is 27.8. The fourth-order valence-corrected chi connectivity index (χ4v) is 5.31. The zero-order valence-electron chi connectivity index (χ0n) is 17.4. The van der Waals surface area contributed by atoms with Crippen molar-refractivity contribution in [1.82, 2.24) is 19.6 Å². The number of hydrogen-bond acceptors (Lipinski definition) is 4. The summed E-state index contributed by atoms with van der Waals surface area (Å²) in [5.41, 5.74) is 1.11. The van der Waals surface area contributed by atoms with Crippen molar-refractivity contribution in [3.8, 4) is 0 Å². The van der Waals surface area contributed by atoms with Crippen molar-refractivity contribution in [2.75, 3.05) is 32.8 Å². The SMILES string of the molecule is Cn1cc([C@H]2[C@H](CN3CCCCC3)OCCN2C(=O)CC2CCCCC2)cn1. The van der Waals surface area contributed by atoms with Gasteiger partial charge >= 0.3 is 0 Å². The van der Waals surface area contributed by atoms with Gasteiger partial charge in [0.2, 0.25) is 5.91 Å². The van der Waals surface area contributed by atoms with Gasteiger partial charge < -0.3 is 14.5 Å². The van der Waals surface area contributed by atoms with Gasteiger partial charge in [0, 0.05) is 38.3 Å². The first-order valence-corrected chi connectivity index (χ1v) is 11.3. The van der Waals surface area contributed by atoms with Crippen LogP contribution in [0.3, 0.4) is 0 Å². The van der Waals surface area contributed by atoms with Crippen LogP contribution in [0.4, 0.5) is 0 Å². The molecule has 2 atom stereocenters. The van der Waals surface area contributed by atoms with Crippen LogP contribution in [0.25, 0.3) is 0 Å². The maximum Gasteiger partial charge on any atom is 0.223 e. The van der Waals surface area contributed by atoms with E-state index in [1.54, 1.807) is 0 Å². The molecule has 0 N–H and O–H groups in total. The van der Waals surface area contributed by atoms with Gasteiger partial charge in [0.05, 0.1) is 24.9 Å². The summed E-state index contributed by atoms with van der Waals surface area (Å²) >= 11 is 0. The van der Waals surface area contributed by atoms with E-state index in [4.69, 9.17) is 4.74 Å². The third-order valence-corrected chi connectivity index (χ3v) is 6.81. The van der Waals surface area contributed by atoms with Crippen molar-refractivity contribution in [2.45, 2.75) is 69.9 Å². The molecule has 1 aromatic heterocycles. The first-order chi connectivity index (χ1) is 13.7. The van der Waals surface area contributed by atoms with Gasteiger partial charge in [-0.2, -0.15) is 5.10 Å². The van der Waals surface area contributed by atoms with Crippen LogP contribution in [-0.2, 0) is 16.6 Å². The van der Waals surface area contributed by atoms with Crippen molar-refractivity contribution in [3.63, 3.8) is 0 Å². The Morgan fingerprint density at radius 2 is 1.86 bits per heavy atom. The number of carbonyl (C=O) groups is 1. The Hall–Kier alpha value is -1.40. The number of carbonyl (C=O) groups excluding carboxylic acids is 1. The van der Waals surface area contributed by atoms with Crippen LogP contribution in [0.2, 0.25) is 0 Å². The number of morpholine rings is 1. The van der Waals surface area contributed by atoms with Crippen molar-refractivity contribution >= 4 is 5.91 Å². The molecule has 6 nitrogen and oxygen atoms in total. The van der Waals surface area contributed by atoms with Crippen molar-refractivity contribution in [1.29, 1.82) is 0 Å². The number of likely N-dealkylation sites (tertiary alicyclic amines) is 1. The van der Waals surface area contributed by atoms with Crippen molar-refractivity contribution in [3.05, 3.63) is 18.0 Å². The molecule has 3 aliphatic rings. The number of amides is 1. The Morgan fingerprint density at radius 3 is 2.57 bits per heavy atom. The van der Waals surface area contributed by atoms with E-state index in [0.29, 0.717) is 31.4 Å². The maximum absolute atomic E-state index is 13.3. The molecule has 0 unspecified atom stereocenters. The van der Waals surface area contributed by atoms with E-state index in [-0.39, 0.29) is 12.1 Å². The van der Waals surface area contributed by atoms with Crippen LogP contribution in [0.15, 0.2) is 12.4 Å². The van der Waals surface area contributed by atoms with Crippen molar-refractivity contribution in [2.24, 2.45) is 13.0 Å². The number of piperidine rings is 1. The summed E-state index contributed by atoms with van der Waals surface area (Å²) in [4.78, 5) is 18.0. The molecule has 0 aromatic carbocycles. The lowest BCUT2D eigenvalue weighted by molar-refractivity contribution is -0.149. The molecule has 3 fully saturated rings. The quantitative estimate of drug-likeness (QED) is 0.778. The summed E-state index contributed by atoms with van der Waals surface area (Å²) in [5.74, 6) is 0.881. The average Bonchev–Trinajstić information content (AvgIpc) is 3.15. The zero-order valence-corrected chi connectivity index (χ0v) is 17.4. The molecule has 6 heteroatoms. The molecule has 2 aliphatic heterocycles. The summed E-state index contributed by atoms with van der Waals surface area (Å²) < 4.78 is 8.09. The largest absolute Gasteiger partial charge is 0.373 e. The minimum absolute atomic E-state index is 0.0135. The van der Waals surface area contributed by atoms with Crippen LogP contribution in [-0.4, -0.2) is 64.4 Å². The molecule has 1 saturated carbocycles. The molecule has 0 spiro atoms. The molecule has 0 radical (unpaired) electrons. The summed E-state index contributed by atoms with van der Waals surface area (Å²) in [5, 5.41) is 4.39. The summed E-state index contributed by atoms with van der Waals surface area (Å²) in [7, 11) is 1.95. The monoisotopic (exact) mass is 388 g/mol. The highest BCUT2D eigenvalue weighted by atomic mass is 16.5. The van der Waals surface area contributed by atoms with E-state index in [2.05, 4.69) is 21.1 Å². The summed E-state index contributed by atoms with van der Waals surface area (Å²) in [6.07, 6.45) is 14.9. The van der Waals surface area contributed by atoms with Gasteiger partial charge in [-0.05, 0) is 44.7 Å². The van der Waals surface area contributed by atoms with Gasteiger partial charge in [-0.15, -0.1) is 0 Å². The molecule has 1 aliphatic carbocycles. The lowest BCUT2D eigenvalue weighted by atomic mass is 9.86. The Morgan fingerprint density at radius 1 is 1.11 bits per heavy atom. The van der Waals surface area contributed by atoms with E-state index in [1.807, 2.05) is 17.9 Å². The molecule has 3 heterocycles. The Balaban J connectivity index is 1.50. The van der Waals surface area contributed by atoms with E-state index < -0.39 is 0 Å². The highest BCUT2D eigenvalue weighted by molar-refractivity contribution is 5.77. The fraction of sp³-hybridized carbons (Fsp3) is 0.818. The van der Waals surface area contributed by atoms with Crippen molar-refractivity contribution < 1.29 is 9.53 Å². The molecule has 0 bridgehead atoms. The highest BCUT2D eigenvalue weighted by Crippen LogP contribution is 2.33. The standard InChI is InChI=1S/C22H36N4O2/c1-24-16-19(15-23-24)22-20(17-25-10-6-3-7-11-25)28-13-12-26(22)21(27)14-18-8-4-2-5-9-18/h15-16,18,20,22H,2-14,17H2,1H3/t20-,22-/m0/s1. The lowest BCUT2D eigenvalue weighted by Crippen LogP contribution is -2.52. The molecular weight excluding hydrogens is 352 g/mol.